The fraction of sp³-hybridized carbons (Fsp3) is 0.263. The number of para-hydroxylation sites is 1. The zero-order valence-electron chi connectivity index (χ0n) is 13.3. The Morgan fingerprint density at radius 1 is 1.00 bits per heavy atom. The first-order valence-electron chi connectivity index (χ1n) is 8.21. The smallest absolute Gasteiger partial charge is 0.322 e. The fourth-order valence-electron chi connectivity index (χ4n) is 3.68. The third kappa shape index (κ3) is 2.33. The maximum atomic E-state index is 12.7. The molecule has 0 aliphatic carbocycles. The topological polar surface area (TPSA) is 61.4 Å². The Hall–Kier alpha value is -2.82. The van der Waals surface area contributed by atoms with Crippen LogP contribution in [0.1, 0.15) is 17.5 Å². The Labute approximate surface area is 140 Å². The number of hydrogen-bond donors (Lipinski definition) is 2. The number of nitrogens with one attached hydrogen (secondary N) is 2. The molecule has 122 valence electrons. The normalized spacial score (nSPS) is 22.8. The predicted molar refractivity (Wildman–Crippen MR) is 91.8 cm³/mol. The van der Waals surface area contributed by atoms with Gasteiger partial charge in [0.2, 0.25) is 0 Å². The molecule has 3 amide bonds. The number of anilines is 1. The van der Waals surface area contributed by atoms with Crippen molar-refractivity contribution in [2.45, 2.75) is 18.4 Å². The molecule has 0 bridgehead atoms. The van der Waals surface area contributed by atoms with Gasteiger partial charge in [0.25, 0.3) is 5.91 Å². The lowest BCUT2D eigenvalue weighted by molar-refractivity contribution is -0.124. The minimum absolute atomic E-state index is 0.290. The van der Waals surface area contributed by atoms with Crippen LogP contribution in [0, 0.1) is 0 Å². The minimum Gasteiger partial charge on any atom is -0.368 e. The van der Waals surface area contributed by atoms with E-state index in [2.05, 4.69) is 27.7 Å². The summed E-state index contributed by atoms with van der Waals surface area (Å²) in [5.41, 5.74) is 2.18. The summed E-state index contributed by atoms with van der Waals surface area (Å²) < 4.78 is 0. The molecular weight excluding hydrogens is 302 g/mol. The van der Waals surface area contributed by atoms with E-state index >= 15 is 0 Å². The van der Waals surface area contributed by atoms with E-state index in [0.717, 1.165) is 30.6 Å². The molecule has 5 heteroatoms. The van der Waals surface area contributed by atoms with E-state index < -0.39 is 11.6 Å². The highest BCUT2D eigenvalue weighted by molar-refractivity contribution is 6.07. The lowest BCUT2D eigenvalue weighted by Gasteiger charge is -2.38. The summed E-state index contributed by atoms with van der Waals surface area (Å²) in [4.78, 5) is 26.7. The number of rotatable bonds is 3. The van der Waals surface area contributed by atoms with Gasteiger partial charge < -0.3 is 10.2 Å². The third-order valence-electron chi connectivity index (χ3n) is 4.84. The van der Waals surface area contributed by atoms with Crippen molar-refractivity contribution in [2.75, 3.05) is 18.0 Å². The van der Waals surface area contributed by atoms with Crippen LogP contribution in [0.3, 0.4) is 0 Å². The number of aryl methyl sites for hydroxylation is 1. The molecule has 2 heterocycles. The summed E-state index contributed by atoms with van der Waals surface area (Å²) in [6.07, 6.45) is 2.08. The lowest BCUT2D eigenvalue weighted by Crippen LogP contribution is -2.53. The van der Waals surface area contributed by atoms with Crippen molar-refractivity contribution in [1.82, 2.24) is 10.6 Å². The zero-order valence-corrected chi connectivity index (χ0v) is 13.3. The molecule has 1 fully saturated rings. The Balaban J connectivity index is 1.75. The molecule has 2 aliphatic rings. The Bertz CT molecular complexity index is 790. The average molecular weight is 321 g/mol. The first-order valence-corrected chi connectivity index (χ1v) is 8.21. The van der Waals surface area contributed by atoms with Crippen molar-refractivity contribution in [3.63, 3.8) is 0 Å². The molecule has 1 saturated heterocycles. The van der Waals surface area contributed by atoms with Gasteiger partial charge in [0, 0.05) is 12.2 Å². The highest BCUT2D eigenvalue weighted by Crippen LogP contribution is 2.32. The van der Waals surface area contributed by atoms with E-state index in [1.807, 2.05) is 42.5 Å². The molecule has 0 radical (unpaired) electrons. The first-order chi connectivity index (χ1) is 11.7. The molecule has 24 heavy (non-hydrogen) atoms. The van der Waals surface area contributed by atoms with Crippen molar-refractivity contribution in [3.8, 4) is 0 Å². The highest BCUT2D eigenvalue weighted by atomic mass is 16.2. The molecule has 2 N–H and O–H groups in total. The van der Waals surface area contributed by atoms with Gasteiger partial charge in [-0.05, 0) is 30.0 Å². The second kappa shape index (κ2) is 5.67. The molecule has 0 spiro atoms. The standard InChI is InChI=1S/C19H19N3O2/c23-17-19(21-18(24)20-17,15-9-2-1-3-10-15)13-22-12-6-8-14-7-4-5-11-16(14)22/h1-5,7,9-11H,6,8,12-13H2,(H2,20,21,23,24). The van der Waals surface area contributed by atoms with Gasteiger partial charge in [-0.3, -0.25) is 10.1 Å². The van der Waals surface area contributed by atoms with Gasteiger partial charge in [0.05, 0.1) is 6.54 Å². The van der Waals surface area contributed by atoms with Gasteiger partial charge in [0.15, 0.2) is 5.54 Å². The molecule has 2 aromatic rings. The summed E-state index contributed by atoms with van der Waals surface area (Å²) >= 11 is 0. The predicted octanol–water partition coefficient (Wildman–Crippen LogP) is 2.17. The second-order valence-electron chi connectivity index (χ2n) is 6.33. The monoisotopic (exact) mass is 321 g/mol. The van der Waals surface area contributed by atoms with Gasteiger partial charge in [0.1, 0.15) is 0 Å². The molecule has 1 unspecified atom stereocenters. The van der Waals surface area contributed by atoms with Gasteiger partial charge in [-0.2, -0.15) is 0 Å². The molecule has 0 saturated carbocycles. The van der Waals surface area contributed by atoms with E-state index in [0.29, 0.717) is 6.54 Å². The fourth-order valence-corrected chi connectivity index (χ4v) is 3.68. The van der Waals surface area contributed by atoms with Crippen LogP contribution < -0.4 is 15.5 Å². The van der Waals surface area contributed by atoms with E-state index in [4.69, 9.17) is 0 Å². The number of carbonyl (C=O) groups is 2. The lowest BCUT2D eigenvalue weighted by atomic mass is 9.88. The summed E-state index contributed by atoms with van der Waals surface area (Å²) in [7, 11) is 0. The number of imide groups is 1. The molecule has 1 atom stereocenters. The van der Waals surface area contributed by atoms with Crippen molar-refractivity contribution in [2.24, 2.45) is 0 Å². The second-order valence-corrected chi connectivity index (χ2v) is 6.33. The molecule has 2 aromatic carbocycles. The van der Waals surface area contributed by atoms with Crippen LogP contribution in [-0.2, 0) is 16.8 Å². The highest BCUT2D eigenvalue weighted by Gasteiger charge is 2.49. The SMILES string of the molecule is O=C1NC(=O)C(CN2CCCc3ccccc32)(c2ccccc2)N1. The number of hydrogen-bond acceptors (Lipinski definition) is 3. The van der Waals surface area contributed by atoms with Gasteiger partial charge in [-0.25, -0.2) is 4.79 Å². The maximum absolute atomic E-state index is 12.7. The van der Waals surface area contributed by atoms with Crippen molar-refractivity contribution < 1.29 is 9.59 Å². The number of carbonyl (C=O) groups excluding carboxylic acids is 2. The summed E-state index contributed by atoms with van der Waals surface area (Å²) in [6, 6.07) is 17.3. The first kappa shape index (κ1) is 14.8. The van der Waals surface area contributed by atoms with Crippen LogP contribution in [0.25, 0.3) is 0 Å². The van der Waals surface area contributed by atoms with Crippen LogP contribution in [0.4, 0.5) is 10.5 Å². The summed E-state index contributed by atoms with van der Waals surface area (Å²) in [6.45, 7) is 1.29. The zero-order chi connectivity index (χ0) is 16.6. The summed E-state index contributed by atoms with van der Waals surface area (Å²) in [5.74, 6) is -0.290. The summed E-state index contributed by atoms with van der Waals surface area (Å²) in [5, 5.41) is 5.27. The molecule has 5 nitrogen and oxygen atoms in total. The minimum atomic E-state index is -1.05. The Morgan fingerprint density at radius 3 is 2.50 bits per heavy atom. The quantitative estimate of drug-likeness (QED) is 0.852. The van der Waals surface area contributed by atoms with E-state index in [-0.39, 0.29) is 5.91 Å². The van der Waals surface area contributed by atoms with E-state index in [1.165, 1.54) is 5.56 Å². The van der Waals surface area contributed by atoms with E-state index in [1.54, 1.807) is 0 Å². The van der Waals surface area contributed by atoms with E-state index in [9.17, 15) is 9.59 Å². The molecule has 0 aromatic heterocycles. The van der Waals surface area contributed by atoms with Crippen molar-refractivity contribution in [3.05, 3.63) is 65.7 Å². The largest absolute Gasteiger partial charge is 0.368 e. The third-order valence-corrected chi connectivity index (χ3v) is 4.84. The number of benzene rings is 2. The van der Waals surface area contributed by atoms with Crippen LogP contribution in [0.5, 0.6) is 0 Å². The Morgan fingerprint density at radius 2 is 1.75 bits per heavy atom. The van der Waals surface area contributed by atoms with Crippen LogP contribution in [0.15, 0.2) is 54.6 Å². The molecule has 4 rings (SSSR count). The number of urea groups is 1. The van der Waals surface area contributed by atoms with Crippen molar-refractivity contribution >= 4 is 17.6 Å². The average Bonchev–Trinajstić information content (AvgIpc) is 2.90. The van der Waals surface area contributed by atoms with Gasteiger partial charge >= 0.3 is 6.03 Å². The van der Waals surface area contributed by atoms with Crippen LogP contribution in [0.2, 0.25) is 0 Å². The Kier molecular flexibility index (Phi) is 3.49. The van der Waals surface area contributed by atoms with Crippen LogP contribution >= 0.6 is 0 Å². The van der Waals surface area contributed by atoms with Gasteiger partial charge in [-0.1, -0.05) is 48.5 Å². The van der Waals surface area contributed by atoms with Crippen molar-refractivity contribution in [1.29, 1.82) is 0 Å². The van der Waals surface area contributed by atoms with Gasteiger partial charge in [-0.15, -0.1) is 0 Å². The number of nitrogens with zero attached hydrogens (tertiary/aromatic N) is 1. The molecule has 2 aliphatic heterocycles. The maximum Gasteiger partial charge on any atom is 0.322 e. The number of amides is 3. The number of fused-ring (bicyclic) bond motifs is 1. The van der Waals surface area contributed by atoms with Crippen LogP contribution in [-0.4, -0.2) is 25.0 Å². The molecular formula is C19H19N3O2.